The van der Waals surface area contributed by atoms with Gasteiger partial charge in [0.05, 0.1) is 17.8 Å². The molecular weight excluding hydrogens is 392 g/mol. The summed E-state index contributed by atoms with van der Waals surface area (Å²) in [5.41, 5.74) is 4.31. The predicted molar refractivity (Wildman–Crippen MR) is 127 cm³/mol. The van der Waals surface area contributed by atoms with Gasteiger partial charge in [-0.1, -0.05) is 55.0 Å². The second kappa shape index (κ2) is 9.60. The number of fused-ring (bicyclic) bond motifs is 1. The van der Waals surface area contributed by atoms with E-state index in [1.54, 1.807) is 19.4 Å². The van der Waals surface area contributed by atoms with Crippen LogP contribution in [0.25, 0.3) is 0 Å². The van der Waals surface area contributed by atoms with Gasteiger partial charge >= 0.3 is 0 Å². The SMILES string of the molecule is C=C1C(=CC=C2CCC[C@]3(C)C(CSC/C=C/C(C)(C)O)=CC[C@@H]23)C[C@@H](O)C[C@@H]1O. The van der Waals surface area contributed by atoms with Crippen LogP contribution >= 0.6 is 11.8 Å². The van der Waals surface area contributed by atoms with Crippen LogP contribution in [-0.2, 0) is 0 Å². The Kier molecular flexibility index (Phi) is 7.55. The Balaban J connectivity index is 1.65. The minimum Gasteiger partial charge on any atom is -0.393 e. The highest BCUT2D eigenvalue weighted by Gasteiger charge is 2.44. The van der Waals surface area contributed by atoms with E-state index in [1.165, 1.54) is 18.4 Å². The third-order valence-electron chi connectivity index (χ3n) is 6.97. The largest absolute Gasteiger partial charge is 0.393 e. The zero-order valence-electron chi connectivity index (χ0n) is 18.7. The predicted octanol–water partition coefficient (Wildman–Crippen LogP) is 5.11. The first-order chi connectivity index (χ1) is 14.1. The lowest BCUT2D eigenvalue weighted by Crippen LogP contribution is -2.31. The van der Waals surface area contributed by atoms with Crippen LogP contribution in [0, 0.1) is 11.3 Å². The smallest absolute Gasteiger partial charge is 0.0811 e. The average molecular weight is 431 g/mol. The molecule has 0 unspecified atom stereocenters. The van der Waals surface area contributed by atoms with Crippen molar-refractivity contribution in [2.24, 2.45) is 11.3 Å². The second-order valence-corrected chi connectivity index (χ2v) is 11.0. The first kappa shape index (κ1) is 23.6. The monoisotopic (exact) mass is 430 g/mol. The fourth-order valence-electron chi connectivity index (χ4n) is 5.17. The van der Waals surface area contributed by atoms with Gasteiger partial charge in [-0.2, -0.15) is 11.8 Å². The van der Waals surface area contributed by atoms with E-state index in [4.69, 9.17) is 0 Å². The molecule has 3 nitrogen and oxygen atoms in total. The van der Waals surface area contributed by atoms with E-state index in [-0.39, 0.29) is 5.41 Å². The lowest BCUT2D eigenvalue weighted by molar-refractivity contribution is 0.0862. The molecule has 3 aliphatic rings. The maximum absolute atomic E-state index is 10.1. The molecule has 0 amide bonds. The molecular formula is C26H38O3S. The van der Waals surface area contributed by atoms with Crippen LogP contribution in [0.5, 0.6) is 0 Å². The summed E-state index contributed by atoms with van der Waals surface area (Å²) in [6, 6.07) is 0. The summed E-state index contributed by atoms with van der Waals surface area (Å²) in [5, 5.41) is 29.9. The molecule has 0 aromatic heterocycles. The van der Waals surface area contributed by atoms with Gasteiger partial charge < -0.3 is 15.3 Å². The van der Waals surface area contributed by atoms with Crippen LogP contribution < -0.4 is 0 Å². The van der Waals surface area contributed by atoms with Crippen molar-refractivity contribution < 1.29 is 15.3 Å². The summed E-state index contributed by atoms with van der Waals surface area (Å²) >= 11 is 1.92. The van der Waals surface area contributed by atoms with Crippen LogP contribution in [0.3, 0.4) is 0 Å². The Morgan fingerprint density at radius 3 is 2.80 bits per heavy atom. The van der Waals surface area contributed by atoms with E-state index >= 15 is 0 Å². The molecule has 2 saturated carbocycles. The van der Waals surface area contributed by atoms with Gasteiger partial charge in [-0.25, -0.2) is 0 Å². The molecule has 3 rings (SSSR count). The standard InChI is InChI=1S/C26H38O3S/c1-18-20(15-22(27)16-24(18)28)9-8-19-7-5-13-26(4)21(10-11-23(19)26)17-30-14-6-12-25(2,3)29/h6,8-10,12,22-24,27-29H,1,5,7,11,13-17H2,2-4H3/b12-6+,19-8?,20-9?/t22-,23+,24+,26-/m1/s1. The van der Waals surface area contributed by atoms with Crippen LogP contribution in [0.2, 0.25) is 0 Å². The molecule has 0 aromatic carbocycles. The fourth-order valence-corrected chi connectivity index (χ4v) is 6.19. The maximum Gasteiger partial charge on any atom is 0.0811 e. The Morgan fingerprint density at radius 2 is 2.07 bits per heavy atom. The Hall–Kier alpha value is -1.07. The lowest BCUT2D eigenvalue weighted by Gasteiger charge is -2.41. The van der Waals surface area contributed by atoms with Crippen LogP contribution in [-0.4, -0.2) is 44.6 Å². The van der Waals surface area contributed by atoms with Gasteiger partial charge in [0.15, 0.2) is 0 Å². The number of hydrogen-bond donors (Lipinski definition) is 3. The van der Waals surface area contributed by atoms with Crippen molar-refractivity contribution in [3.05, 3.63) is 59.3 Å². The molecule has 0 radical (unpaired) electrons. The molecule has 0 saturated heterocycles. The van der Waals surface area contributed by atoms with Crippen molar-refractivity contribution in [1.82, 2.24) is 0 Å². The molecule has 166 valence electrons. The summed E-state index contributed by atoms with van der Waals surface area (Å²) in [7, 11) is 0. The third kappa shape index (κ3) is 5.59. The zero-order chi connectivity index (χ0) is 21.9. The molecule has 0 bridgehead atoms. The van der Waals surface area contributed by atoms with Crippen LogP contribution in [0.4, 0.5) is 0 Å². The van der Waals surface area contributed by atoms with E-state index in [1.807, 2.05) is 17.8 Å². The van der Waals surface area contributed by atoms with Gasteiger partial charge in [0.1, 0.15) is 0 Å². The summed E-state index contributed by atoms with van der Waals surface area (Å²) < 4.78 is 0. The van der Waals surface area contributed by atoms with E-state index < -0.39 is 17.8 Å². The molecule has 4 heteroatoms. The summed E-state index contributed by atoms with van der Waals surface area (Å²) in [5.74, 6) is 2.52. The normalized spacial score (nSPS) is 35.3. The minimum atomic E-state index is -0.739. The lowest BCUT2D eigenvalue weighted by atomic mass is 9.64. The van der Waals surface area contributed by atoms with E-state index in [2.05, 4.69) is 37.8 Å². The highest BCUT2D eigenvalue weighted by Crippen LogP contribution is 2.55. The molecule has 0 aromatic rings. The Bertz CT molecular complexity index is 768. The van der Waals surface area contributed by atoms with Crippen molar-refractivity contribution in [2.45, 2.75) is 77.1 Å². The van der Waals surface area contributed by atoms with Crippen molar-refractivity contribution in [1.29, 1.82) is 0 Å². The summed E-state index contributed by atoms with van der Waals surface area (Å²) in [6.07, 6.45) is 15.3. The zero-order valence-corrected chi connectivity index (χ0v) is 19.5. The van der Waals surface area contributed by atoms with Crippen molar-refractivity contribution in [2.75, 3.05) is 11.5 Å². The number of hydrogen-bond acceptors (Lipinski definition) is 4. The van der Waals surface area contributed by atoms with Crippen molar-refractivity contribution in [3.63, 3.8) is 0 Å². The van der Waals surface area contributed by atoms with E-state index in [0.717, 1.165) is 35.5 Å². The maximum atomic E-state index is 10.1. The highest BCUT2D eigenvalue weighted by atomic mass is 32.2. The molecule has 30 heavy (non-hydrogen) atoms. The Labute approximate surface area is 186 Å². The van der Waals surface area contributed by atoms with Gasteiger partial charge in [0.25, 0.3) is 0 Å². The van der Waals surface area contributed by atoms with Crippen LogP contribution in [0.15, 0.2) is 59.3 Å². The number of allylic oxidation sites excluding steroid dienone is 4. The Morgan fingerprint density at radius 1 is 1.30 bits per heavy atom. The number of thioether (sulfide) groups is 1. The van der Waals surface area contributed by atoms with E-state index in [9.17, 15) is 15.3 Å². The van der Waals surface area contributed by atoms with E-state index in [0.29, 0.717) is 18.8 Å². The average Bonchev–Trinajstić information content (AvgIpc) is 2.99. The first-order valence-electron chi connectivity index (χ1n) is 11.2. The van der Waals surface area contributed by atoms with Crippen molar-refractivity contribution >= 4 is 11.8 Å². The van der Waals surface area contributed by atoms with Crippen molar-refractivity contribution in [3.8, 4) is 0 Å². The molecule has 0 spiro atoms. The van der Waals surface area contributed by atoms with Crippen LogP contribution in [0.1, 0.15) is 59.3 Å². The molecule has 2 fully saturated rings. The highest BCUT2D eigenvalue weighted by molar-refractivity contribution is 7.99. The summed E-state index contributed by atoms with van der Waals surface area (Å²) in [4.78, 5) is 0. The van der Waals surface area contributed by atoms with Gasteiger partial charge in [-0.05, 0) is 68.4 Å². The molecule has 0 heterocycles. The quantitative estimate of drug-likeness (QED) is 0.405. The second-order valence-electron chi connectivity index (χ2n) is 9.93. The third-order valence-corrected chi connectivity index (χ3v) is 7.92. The number of aliphatic hydroxyl groups is 3. The summed E-state index contributed by atoms with van der Waals surface area (Å²) in [6.45, 7) is 10.1. The molecule has 4 atom stereocenters. The first-order valence-corrected chi connectivity index (χ1v) is 12.4. The van der Waals surface area contributed by atoms with Gasteiger partial charge in [0.2, 0.25) is 0 Å². The number of aliphatic hydroxyl groups excluding tert-OH is 2. The molecule has 3 aliphatic carbocycles. The molecule has 0 aliphatic heterocycles. The topological polar surface area (TPSA) is 60.7 Å². The fraction of sp³-hybridized carbons (Fsp3) is 0.615. The molecule has 3 N–H and O–H groups in total. The van der Waals surface area contributed by atoms with Gasteiger partial charge in [0, 0.05) is 17.9 Å². The minimum absolute atomic E-state index is 0.234. The van der Waals surface area contributed by atoms with Gasteiger partial charge in [-0.15, -0.1) is 0 Å². The van der Waals surface area contributed by atoms with Gasteiger partial charge in [-0.3, -0.25) is 0 Å². The number of rotatable bonds is 6.